The molecule has 0 amide bonds. The Hall–Kier alpha value is -0.810. The maximum absolute atomic E-state index is 6.24. The molecule has 0 spiro atoms. The number of rotatable bonds is 3. The van der Waals surface area contributed by atoms with E-state index < -0.39 is 0 Å². The van der Waals surface area contributed by atoms with Crippen LogP contribution in [0.3, 0.4) is 0 Å². The highest BCUT2D eigenvalue weighted by atomic mass is 35.5. The summed E-state index contributed by atoms with van der Waals surface area (Å²) < 4.78 is 0. The van der Waals surface area contributed by atoms with Crippen molar-refractivity contribution in [3.05, 3.63) is 74.3 Å². The number of nitrogens with zero attached hydrogens (tertiary/aromatic N) is 2. The topological polar surface area (TPSA) is 16.1 Å². The van der Waals surface area contributed by atoms with Crippen LogP contribution in [-0.2, 0) is 0 Å². The number of aromatic nitrogens is 1. The molecule has 4 atom stereocenters. The van der Waals surface area contributed by atoms with Crippen LogP contribution in [0.5, 0.6) is 0 Å². The van der Waals surface area contributed by atoms with Crippen molar-refractivity contribution in [3.63, 3.8) is 0 Å². The molecule has 2 aromatic carbocycles. The lowest BCUT2D eigenvalue weighted by Crippen LogP contribution is -2.44. The molecule has 2 bridgehead atoms. The van der Waals surface area contributed by atoms with Crippen molar-refractivity contribution in [1.29, 1.82) is 0 Å². The van der Waals surface area contributed by atoms with Gasteiger partial charge >= 0.3 is 0 Å². The summed E-state index contributed by atoms with van der Waals surface area (Å²) in [7, 11) is 2.28. The van der Waals surface area contributed by atoms with Gasteiger partial charge in [0.1, 0.15) is 0 Å². The number of benzene rings is 2. The Morgan fingerprint density at radius 1 is 1.00 bits per heavy atom. The predicted molar refractivity (Wildman–Crippen MR) is 131 cm³/mol. The second kappa shape index (κ2) is 8.97. The van der Waals surface area contributed by atoms with Gasteiger partial charge in [0.05, 0.1) is 19.9 Å². The third-order valence-corrected chi connectivity index (χ3v) is 8.72. The molecule has 0 unspecified atom stereocenters. The Labute approximate surface area is 202 Å². The predicted octanol–water partition coefficient (Wildman–Crippen LogP) is 7.93. The number of fused-ring (bicyclic) bond motifs is 2. The molecule has 7 heteroatoms. The molecule has 2 saturated heterocycles. The molecule has 2 fully saturated rings. The molecular weight excluding hydrogens is 478 g/mol. The van der Waals surface area contributed by atoms with Gasteiger partial charge in [0, 0.05) is 29.2 Å². The van der Waals surface area contributed by atoms with E-state index in [9.17, 15) is 0 Å². The fraction of sp³-hybridized carbons (Fsp3) is 0.348. The van der Waals surface area contributed by atoms with E-state index in [1.807, 2.05) is 36.5 Å². The zero-order valence-corrected chi connectivity index (χ0v) is 20.3. The standard InChI is InChI=1S/C23H21Cl3N2S.ClH/c1-28-16-7-9-20(28)22(17(11-16)13-2-5-15(24)6-3-13)23-27-12-21(29-23)14-4-8-18(25)19(26)10-14;/h2-6,8,10,12,16-17,20,22H,7,9,11H2,1H3;1H/t16-,17+,20+,22-;/m0./s1. The molecule has 2 nitrogen and oxygen atoms in total. The molecule has 1 aromatic heterocycles. The average molecular weight is 500 g/mol. The molecule has 2 aliphatic heterocycles. The minimum absolute atomic E-state index is 0. The SMILES string of the molecule is CN1[C@H]2CC[C@@H]1[C@@H](c1ncc(-c3ccc(Cl)c(Cl)c3)s1)[C@@H](c1ccc(Cl)cc1)C2.Cl. The molecule has 0 aliphatic carbocycles. The van der Waals surface area contributed by atoms with Crippen molar-refractivity contribution in [2.24, 2.45) is 0 Å². The highest BCUT2D eigenvalue weighted by Crippen LogP contribution is 2.52. The maximum atomic E-state index is 6.24. The van der Waals surface area contributed by atoms with Crippen LogP contribution < -0.4 is 0 Å². The van der Waals surface area contributed by atoms with E-state index in [-0.39, 0.29) is 12.4 Å². The van der Waals surface area contributed by atoms with Crippen molar-refractivity contribution >= 4 is 58.5 Å². The summed E-state index contributed by atoms with van der Waals surface area (Å²) in [4.78, 5) is 8.62. The number of hydrogen-bond acceptors (Lipinski definition) is 3. The second-order valence-electron chi connectivity index (χ2n) is 8.08. The molecule has 2 aliphatic rings. The number of thiazole rings is 1. The number of likely N-dealkylation sites (N-methyl/N-ethyl adjacent to an activating group) is 1. The van der Waals surface area contributed by atoms with Crippen molar-refractivity contribution < 1.29 is 0 Å². The van der Waals surface area contributed by atoms with Gasteiger partial charge in [0.2, 0.25) is 0 Å². The third kappa shape index (κ3) is 4.01. The van der Waals surface area contributed by atoms with Crippen molar-refractivity contribution in [2.75, 3.05) is 7.05 Å². The first-order valence-electron chi connectivity index (χ1n) is 9.90. The van der Waals surface area contributed by atoms with Crippen LogP contribution in [-0.4, -0.2) is 29.0 Å². The molecule has 0 saturated carbocycles. The first-order valence-corrected chi connectivity index (χ1v) is 11.8. The highest BCUT2D eigenvalue weighted by Gasteiger charge is 2.47. The van der Waals surface area contributed by atoms with Crippen LogP contribution in [0.2, 0.25) is 15.1 Å². The first-order chi connectivity index (χ1) is 14.0. The maximum Gasteiger partial charge on any atom is 0.0983 e. The molecule has 158 valence electrons. The average Bonchev–Trinajstić information content (AvgIpc) is 3.27. The number of piperidine rings is 1. The Balaban J connectivity index is 0.00000218. The van der Waals surface area contributed by atoms with Gasteiger partial charge in [-0.3, -0.25) is 4.90 Å². The van der Waals surface area contributed by atoms with E-state index in [0.717, 1.165) is 15.5 Å². The van der Waals surface area contributed by atoms with E-state index in [0.29, 0.717) is 34.0 Å². The minimum atomic E-state index is 0. The van der Waals surface area contributed by atoms with Crippen molar-refractivity contribution in [2.45, 2.75) is 43.2 Å². The van der Waals surface area contributed by atoms with Gasteiger partial charge in [-0.1, -0.05) is 53.0 Å². The molecule has 30 heavy (non-hydrogen) atoms. The molecular formula is C23H22Cl4N2S. The van der Waals surface area contributed by atoms with Gasteiger partial charge in [0.15, 0.2) is 0 Å². The summed E-state index contributed by atoms with van der Waals surface area (Å²) >= 11 is 20.3. The quantitative estimate of drug-likeness (QED) is 0.363. The van der Waals surface area contributed by atoms with E-state index in [4.69, 9.17) is 39.8 Å². The third-order valence-electron chi connectivity index (χ3n) is 6.58. The molecule has 0 radical (unpaired) electrons. The Kier molecular flexibility index (Phi) is 6.70. The van der Waals surface area contributed by atoms with Gasteiger partial charge in [-0.15, -0.1) is 23.7 Å². The second-order valence-corrected chi connectivity index (χ2v) is 10.4. The van der Waals surface area contributed by atoms with Gasteiger partial charge in [-0.2, -0.15) is 0 Å². The summed E-state index contributed by atoms with van der Waals surface area (Å²) in [5.41, 5.74) is 2.44. The number of hydrogen-bond donors (Lipinski definition) is 0. The van der Waals surface area contributed by atoms with E-state index in [1.54, 1.807) is 11.3 Å². The van der Waals surface area contributed by atoms with Crippen LogP contribution >= 0.6 is 58.5 Å². The Morgan fingerprint density at radius 2 is 1.77 bits per heavy atom. The zero-order chi connectivity index (χ0) is 20.1. The van der Waals surface area contributed by atoms with Gasteiger partial charge in [-0.25, -0.2) is 4.98 Å². The van der Waals surface area contributed by atoms with Crippen LogP contribution in [0.15, 0.2) is 48.7 Å². The number of halogens is 4. The molecule has 0 N–H and O–H groups in total. The summed E-state index contributed by atoms with van der Waals surface area (Å²) in [6, 6.07) is 15.4. The lowest BCUT2D eigenvalue weighted by molar-refractivity contribution is 0.137. The largest absolute Gasteiger partial charge is 0.300 e. The lowest BCUT2D eigenvalue weighted by Gasteiger charge is -2.42. The van der Waals surface area contributed by atoms with Gasteiger partial charge < -0.3 is 0 Å². The zero-order valence-electron chi connectivity index (χ0n) is 16.4. The van der Waals surface area contributed by atoms with E-state index >= 15 is 0 Å². The smallest absolute Gasteiger partial charge is 0.0983 e. The normalized spacial score (nSPS) is 25.9. The Bertz CT molecular complexity index is 1040. The molecule has 3 heterocycles. The van der Waals surface area contributed by atoms with Crippen molar-refractivity contribution in [3.8, 4) is 10.4 Å². The fourth-order valence-corrected chi connectivity index (χ4v) is 6.64. The van der Waals surface area contributed by atoms with Gasteiger partial charge in [0.25, 0.3) is 0 Å². The van der Waals surface area contributed by atoms with E-state index in [1.165, 1.54) is 29.8 Å². The van der Waals surface area contributed by atoms with Crippen LogP contribution in [0.1, 0.15) is 41.7 Å². The van der Waals surface area contributed by atoms with Crippen molar-refractivity contribution in [1.82, 2.24) is 9.88 Å². The minimum Gasteiger partial charge on any atom is -0.300 e. The molecule has 3 aromatic rings. The van der Waals surface area contributed by atoms with Crippen LogP contribution in [0, 0.1) is 0 Å². The summed E-state index contributed by atoms with van der Waals surface area (Å²) in [6.45, 7) is 0. The Morgan fingerprint density at radius 3 is 2.50 bits per heavy atom. The fourth-order valence-electron chi connectivity index (χ4n) is 5.08. The first kappa shape index (κ1) is 22.4. The van der Waals surface area contributed by atoms with E-state index in [2.05, 4.69) is 24.1 Å². The summed E-state index contributed by atoms with van der Waals surface area (Å²) in [5, 5.41) is 3.16. The lowest BCUT2D eigenvalue weighted by atomic mass is 9.76. The monoisotopic (exact) mass is 498 g/mol. The van der Waals surface area contributed by atoms with Crippen LogP contribution in [0.4, 0.5) is 0 Å². The molecule has 5 rings (SSSR count). The highest BCUT2D eigenvalue weighted by molar-refractivity contribution is 7.15. The summed E-state index contributed by atoms with van der Waals surface area (Å²) in [5.74, 6) is 0.857. The summed E-state index contributed by atoms with van der Waals surface area (Å²) in [6.07, 6.45) is 5.66. The van der Waals surface area contributed by atoms with Crippen LogP contribution in [0.25, 0.3) is 10.4 Å². The van der Waals surface area contributed by atoms with Gasteiger partial charge in [-0.05, 0) is 67.6 Å².